The standard InChI is InChI=1S/C11H22N2O/c1-4-5-6-9(2)13-8-7-10(12-3)11(13)14/h9-10,12H,4-8H2,1-3H3. The zero-order valence-electron chi connectivity index (χ0n) is 9.55. The maximum absolute atomic E-state index is 11.8. The van der Waals surface area contributed by atoms with Gasteiger partial charge in [0.1, 0.15) is 0 Å². The zero-order valence-corrected chi connectivity index (χ0v) is 9.55. The van der Waals surface area contributed by atoms with Crippen LogP contribution in [0.1, 0.15) is 39.5 Å². The Labute approximate surface area is 86.9 Å². The summed E-state index contributed by atoms with van der Waals surface area (Å²) in [5.41, 5.74) is 0. The minimum absolute atomic E-state index is 0.0686. The van der Waals surface area contributed by atoms with Crippen LogP contribution in [0.3, 0.4) is 0 Å². The molecule has 14 heavy (non-hydrogen) atoms. The van der Waals surface area contributed by atoms with Crippen LogP contribution < -0.4 is 5.32 Å². The fraction of sp³-hybridized carbons (Fsp3) is 0.909. The Hall–Kier alpha value is -0.570. The lowest BCUT2D eigenvalue weighted by Crippen LogP contribution is -2.40. The molecule has 0 aromatic heterocycles. The van der Waals surface area contributed by atoms with Crippen LogP contribution in [-0.4, -0.2) is 36.5 Å². The van der Waals surface area contributed by atoms with E-state index in [0.717, 1.165) is 19.4 Å². The van der Waals surface area contributed by atoms with E-state index < -0.39 is 0 Å². The molecular weight excluding hydrogens is 176 g/mol. The molecule has 1 saturated heterocycles. The highest BCUT2D eigenvalue weighted by atomic mass is 16.2. The third kappa shape index (κ3) is 2.47. The second-order valence-electron chi connectivity index (χ2n) is 4.15. The molecule has 0 spiro atoms. The minimum atomic E-state index is 0.0686. The van der Waals surface area contributed by atoms with Gasteiger partial charge in [-0.3, -0.25) is 4.79 Å². The first-order chi connectivity index (χ1) is 6.70. The molecule has 0 bridgehead atoms. The Morgan fingerprint density at radius 2 is 2.36 bits per heavy atom. The summed E-state index contributed by atoms with van der Waals surface area (Å²) in [6.45, 7) is 5.27. The van der Waals surface area contributed by atoms with Crippen LogP contribution in [0.4, 0.5) is 0 Å². The number of likely N-dealkylation sites (tertiary alicyclic amines) is 1. The second kappa shape index (κ2) is 5.35. The van der Waals surface area contributed by atoms with Crippen LogP contribution in [0.2, 0.25) is 0 Å². The number of rotatable bonds is 5. The molecule has 2 atom stereocenters. The monoisotopic (exact) mass is 198 g/mol. The topological polar surface area (TPSA) is 32.3 Å². The summed E-state index contributed by atoms with van der Waals surface area (Å²) in [5, 5.41) is 3.06. The molecule has 1 amide bonds. The molecule has 2 unspecified atom stereocenters. The molecule has 1 heterocycles. The number of likely N-dealkylation sites (N-methyl/N-ethyl adjacent to an activating group) is 1. The van der Waals surface area contributed by atoms with Crippen molar-refractivity contribution in [3.05, 3.63) is 0 Å². The van der Waals surface area contributed by atoms with E-state index in [9.17, 15) is 4.79 Å². The summed E-state index contributed by atoms with van der Waals surface area (Å²) in [5.74, 6) is 0.288. The van der Waals surface area contributed by atoms with Gasteiger partial charge < -0.3 is 10.2 Å². The lowest BCUT2D eigenvalue weighted by molar-refractivity contribution is -0.131. The lowest BCUT2D eigenvalue weighted by atomic mass is 10.1. The number of carbonyl (C=O) groups excluding carboxylic acids is 1. The summed E-state index contributed by atoms with van der Waals surface area (Å²) in [6.07, 6.45) is 4.53. The molecule has 0 aromatic rings. The SMILES string of the molecule is CCCCC(C)N1CCC(NC)C1=O. The van der Waals surface area contributed by atoms with E-state index in [0.29, 0.717) is 6.04 Å². The van der Waals surface area contributed by atoms with Crippen molar-refractivity contribution in [2.45, 2.75) is 51.6 Å². The Morgan fingerprint density at radius 1 is 1.64 bits per heavy atom. The first-order valence-corrected chi connectivity index (χ1v) is 5.68. The molecule has 1 rings (SSSR count). The number of hydrogen-bond donors (Lipinski definition) is 1. The van der Waals surface area contributed by atoms with Crippen LogP contribution >= 0.6 is 0 Å². The Morgan fingerprint density at radius 3 is 2.86 bits per heavy atom. The van der Waals surface area contributed by atoms with Crippen molar-refractivity contribution in [3.63, 3.8) is 0 Å². The quantitative estimate of drug-likeness (QED) is 0.724. The highest BCUT2D eigenvalue weighted by Crippen LogP contribution is 2.17. The molecule has 0 saturated carbocycles. The summed E-state index contributed by atoms with van der Waals surface area (Å²) < 4.78 is 0. The summed E-state index contributed by atoms with van der Waals surface area (Å²) in [6, 6.07) is 0.486. The van der Waals surface area contributed by atoms with Crippen molar-refractivity contribution in [1.82, 2.24) is 10.2 Å². The van der Waals surface area contributed by atoms with Gasteiger partial charge in [-0.1, -0.05) is 19.8 Å². The van der Waals surface area contributed by atoms with Gasteiger partial charge in [0.2, 0.25) is 5.91 Å². The van der Waals surface area contributed by atoms with Crippen LogP contribution in [0, 0.1) is 0 Å². The van der Waals surface area contributed by atoms with Gasteiger partial charge in [-0.25, -0.2) is 0 Å². The van der Waals surface area contributed by atoms with Gasteiger partial charge >= 0.3 is 0 Å². The molecule has 1 aliphatic heterocycles. The van der Waals surface area contributed by atoms with E-state index in [1.165, 1.54) is 12.8 Å². The highest BCUT2D eigenvalue weighted by Gasteiger charge is 2.32. The van der Waals surface area contributed by atoms with E-state index in [2.05, 4.69) is 19.2 Å². The molecule has 3 heteroatoms. The van der Waals surface area contributed by atoms with Gasteiger partial charge in [-0.15, -0.1) is 0 Å². The molecule has 1 fully saturated rings. The van der Waals surface area contributed by atoms with Gasteiger partial charge in [0.05, 0.1) is 6.04 Å². The predicted molar refractivity (Wildman–Crippen MR) is 58.2 cm³/mol. The third-order valence-corrected chi connectivity index (χ3v) is 3.10. The van der Waals surface area contributed by atoms with Crippen molar-refractivity contribution in [1.29, 1.82) is 0 Å². The predicted octanol–water partition coefficient (Wildman–Crippen LogP) is 1.39. The molecule has 0 aliphatic carbocycles. The number of unbranched alkanes of at least 4 members (excludes halogenated alkanes) is 1. The number of hydrogen-bond acceptors (Lipinski definition) is 2. The summed E-state index contributed by atoms with van der Waals surface area (Å²) in [4.78, 5) is 13.8. The van der Waals surface area contributed by atoms with E-state index in [1.807, 2.05) is 11.9 Å². The van der Waals surface area contributed by atoms with Crippen LogP contribution in [0.25, 0.3) is 0 Å². The lowest BCUT2D eigenvalue weighted by Gasteiger charge is -2.24. The number of carbonyl (C=O) groups is 1. The fourth-order valence-corrected chi connectivity index (χ4v) is 2.06. The van der Waals surface area contributed by atoms with Crippen molar-refractivity contribution in [2.75, 3.05) is 13.6 Å². The minimum Gasteiger partial charge on any atom is -0.339 e. The van der Waals surface area contributed by atoms with Gasteiger partial charge in [0, 0.05) is 12.6 Å². The van der Waals surface area contributed by atoms with Gasteiger partial charge in [0.25, 0.3) is 0 Å². The fourth-order valence-electron chi connectivity index (χ4n) is 2.06. The van der Waals surface area contributed by atoms with E-state index in [-0.39, 0.29) is 11.9 Å². The third-order valence-electron chi connectivity index (χ3n) is 3.10. The molecule has 1 N–H and O–H groups in total. The van der Waals surface area contributed by atoms with E-state index in [1.54, 1.807) is 0 Å². The molecular formula is C11H22N2O. The summed E-state index contributed by atoms with van der Waals surface area (Å²) >= 11 is 0. The van der Waals surface area contributed by atoms with Crippen molar-refractivity contribution < 1.29 is 4.79 Å². The van der Waals surface area contributed by atoms with Gasteiger partial charge in [-0.2, -0.15) is 0 Å². The largest absolute Gasteiger partial charge is 0.339 e. The van der Waals surface area contributed by atoms with Crippen molar-refractivity contribution in [2.24, 2.45) is 0 Å². The normalized spacial score (nSPS) is 24.4. The molecule has 3 nitrogen and oxygen atoms in total. The highest BCUT2D eigenvalue weighted by molar-refractivity contribution is 5.84. The number of nitrogens with zero attached hydrogens (tertiary/aromatic N) is 1. The Balaban J connectivity index is 2.41. The van der Waals surface area contributed by atoms with Crippen LogP contribution in [0.15, 0.2) is 0 Å². The summed E-state index contributed by atoms with van der Waals surface area (Å²) in [7, 11) is 1.86. The molecule has 82 valence electrons. The first kappa shape index (κ1) is 11.5. The number of amides is 1. The second-order valence-corrected chi connectivity index (χ2v) is 4.15. The maximum atomic E-state index is 11.8. The first-order valence-electron chi connectivity index (χ1n) is 5.68. The average molecular weight is 198 g/mol. The van der Waals surface area contributed by atoms with Crippen LogP contribution in [0.5, 0.6) is 0 Å². The smallest absolute Gasteiger partial charge is 0.240 e. The maximum Gasteiger partial charge on any atom is 0.240 e. The van der Waals surface area contributed by atoms with Gasteiger partial charge in [0.15, 0.2) is 0 Å². The zero-order chi connectivity index (χ0) is 10.6. The average Bonchev–Trinajstić information content (AvgIpc) is 2.56. The molecule has 0 radical (unpaired) electrons. The van der Waals surface area contributed by atoms with E-state index in [4.69, 9.17) is 0 Å². The van der Waals surface area contributed by atoms with Crippen molar-refractivity contribution in [3.8, 4) is 0 Å². The number of nitrogens with one attached hydrogen (secondary N) is 1. The molecule has 0 aromatic carbocycles. The van der Waals surface area contributed by atoms with Gasteiger partial charge in [-0.05, 0) is 26.8 Å². The van der Waals surface area contributed by atoms with Crippen LogP contribution in [-0.2, 0) is 4.79 Å². The van der Waals surface area contributed by atoms with E-state index >= 15 is 0 Å². The Kier molecular flexibility index (Phi) is 4.39. The molecule has 1 aliphatic rings. The Bertz CT molecular complexity index is 194. The van der Waals surface area contributed by atoms with Crippen molar-refractivity contribution >= 4 is 5.91 Å².